The standard InChI is InChI=1S/C16H14Cl2N2O2/c1-11-5-2-3-8-15(11)22-10-16(21)20-19-9-12-13(17)6-4-7-14(12)18/h2-9H,10H2,1H3,(H,20,21)/b19-9-. The van der Waals surface area contributed by atoms with Crippen LogP contribution in [0.15, 0.2) is 47.6 Å². The minimum absolute atomic E-state index is 0.127. The van der Waals surface area contributed by atoms with Gasteiger partial charge in [0.05, 0.1) is 16.3 Å². The highest BCUT2D eigenvalue weighted by molar-refractivity contribution is 6.38. The molecule has 0 fully saturated rings. The Morgan fingerprint density at radius 3 is 2.55 bits per heavy atom. The zero-order chi connectivity index (χ0) is 15.9. The van der Waals surface area contributed by atoms with Gasteiger partial charge in [-0.3, -0.25) is 4.79 Å². The Morgan fingerprint density at radius 1 is 1.18 bits per heavy atom. The third kappa shape index (κ3) is 4.48. The van der Waals surface area contributed by atoms with Gasteiger partial charge in [0.1, 0.15) is 5.75 Å². The van der Waals surface area contributed by atoms with Gasteiger partial charge in [-0.05, 0) is 30.7 Å². The molecule has 0 unspecified atom stereocenters. The number of amides is 1. The molecule has 0 aliphatic heterocycles. The Kier molecular flexibility index (Phi) is 5.81. The molecule has 114 valence electrons. The number of hydrogen-bond donors (Lipinski definition) is 1. The quantitative estimate of drug-likeness (QED) is 0.666. The Bertz CT molecular complexity index is 682. The number of ether oxygens (including phenoxy) is 1. The van der Waals surface area contributed by atoms with Crippen molar-refractivity contribution in [3.05, 3.63) is 63.6 Å². The van der Waals surface area contributed by atoms with E-state index in [-0.39, 0.29) is 12.5 Å². The normalized spacial score (nSPS) is 10.7. The summed E-state index contributed by atoms with van der Waals surface area (Å²) in [5, 5.41) is 4.74. The van der Waals surface area contributed by atoms with Crippen LogP contribution in [0.25, 0.3) is 0 Å². The topological polar surface area (TPSA) is 50.7 Å². The Hall–Kier alpha value is -2.04. The number of hydrogen-bond acceptors (Lipinski definition) is 3. The number of para-hydroxylation sites is 1. The van der Waals surface area contributed by atoms with Crippen molar-refractivity contribution in [2.45, 2.75) is 6.92 Å². The van der Waals surface area contributed by atoms with E-state index in [4.69, 9.17) is 27.9 Å². The molecular formula is C16H14Cl2N2O2. The molecular weight excluding hydrogens is 323 g/mol. The van der Waals surface area contributed by atoms with E-state index in [0.717, 1.165) is 5.56 Å². The number of rotatable bonds is 5. The second kappa shape index (κ2) is 7.82. The lowest BCUT2D eigenvalue weighted by Crippen LogP contribution is -2.24. The number of carbonyl (C=O) groups is 1. The monoisotopic (exact) mass is 336 g/mol. The molecule has 0 atom stereocenters. The third-order valence-electron chi connectivity index (χ3n) is 2.83. The first-order chi connectivity index (χ1) is 10.6. The third-order valence-corrected chi connectivity index (χ3v) is 3.49. The van der Waals surface area contributed by atoms with E-state index in [1.165, 1.54) is 6.21 Å². The van der Waals surface area contributed by atoms with Gasteiger partial charge in [-0.25, -0.2) is 5.43 Å². The van der Waals surface area contributed by atoms with Crippen molar-refractivity contribution in [2.75, 3.05) is 6.61 Å². The largest absolute Gasteiger partial charge is 0.483 e. The maximum absolute atomic E-state index is 11.7. The number of benzene rings is 2. The Labute approximate surface area is 138 Å². The molecule has 2 rings (SSSR count). The smallest absolute Gasteiger partial charge is 0.277 e. The SMILES string of the molecule is Cc1ccccc1OCC(=O)N/N=C\c1c(Cl)cccc1Cl. The highest BCUT2D eigenvalue weighted by Gasteiger charge is 2.04. The van der Waals surface area contributed by atoms with Crippen LogP contribution in [0.4, 0.5) is 0 Å². The molecule has 0 aliphatic carbocycles. The number of nitrogens with one attached hydrogen (secondary N) is 1. The minimum atomic E-state index is -0.373. The van der Waals surface area contributed by atoms with E-state index in [0.29, 0.717) is 21.4 Å². The van der Waals surface area contributed by atoms with E-state index in [9.17, 15) is 4.79 Å². The molecule has 1 N–H and O–H groups in total. The maximum Gasteiger partial charge on any atom is 0.277 e. The van der Waals surface area contributed by atoms with Crippen LogP contribution in [0, 0.1) is 6.92 Å². The van der Waals surface area contributed by atoms with E-state index >= 15 is 0 Å². The van der Waals surface area contributed by atoms with Crippen molar-refractivity contribution >= 4 is 35.3 Å². The lowest BCUT2D eigenvalue weighted by molar-refractivity contribution is -0.123. The lowest BCUT2D eigenvalue weighted by Gasteiger charge is -2.07. The van der Waals surface area contributed by atoms with Gasteiger partial charge in [0.15, 0.2) is 6.61 Å². The molecule has 6 heteroatoms. The summed E-state index contributed by atoms with van der Waals surface area (Å²) in [5.41, 5.74) is 3.87. The van der Waals surface area contributed by atoms with Crippen molar-refractivity contribution in [1.82, 2.24) is 5.43 Å². The number of hydrazone groups is 1. The van der Waals surface area contributed by atoms with Crippen molar-refractivity contribution in [3.8, 4) is 5.75 Å². The van der Waals surface area contributed by atoms with E-state index in [1.54, 1.807) is 24.3 Å². The highest BCUT2D eigenvalue weighted by Crippen LogP contribution is 2.22. The average molecular weight is 337 g/mol. The molecule has 0 bridgehead atoms. The minimum Gasteiger partial charge on any atom is -0.483 e. The summed E-state index contributed by atoms with van der Waals surface area (Å²) in [5.74, 6) is 0.290. The molecule has 0 radical (unpaired) electrons. The summed E-state index contributed by atoms with van der Waals surface area (Å²) in [6, 6.07) is 12.6. The van der Waals surface area contributed by atoms with Crippen LogP contribution in [0.3, 0.4) is 0 Å². The first-order valence-electron chi connectivity index (χ1n) is 6.52. The fourth-order valence-corrected chi connectivity index (χ4v) is 2.19. The molecule has 0 saturated heterocycles. The van der Waals surface area contributed by atoms with Crippen molar-refractivity contribution in [2.24, 2.45) is 5.10 Å². The van der Waals surface area contributed by atoms with Crippen LogP contribution in [0.2, 0.25) is 10.0 Å². The van der Waals surface area contributed by atoms with Crippen molar-refractivity contribution in [1.29, 1.82) is 0 Å². The second-order valence-corrected chi connectivity index (χ2v) is 5.30. The predicted octanol–water partition coefficient (Wildman–Crippen LogP) is 3.83. The zero-order valence-electron chi connectivity index (χ0n) is 11.8. The Morgan fingerprint density at radius 2 is 1.86 bits per heavy atom. The highest BCUT2D eigenvalue weighted by atomic mass is 35.5. The Balaban J connectivity index is 1.88. The molecule has 0 heterocycles. The van der Waals surface area contributed by atoms with Gasteiger partial charge < -0.3 is 4.74 Å². The van der Waals surface area contributed by atoms with Gasteiger partial charge in [-0.15, -0.1) is 0 Å². The molecule has 2 aromatic carbocycles. The average Bonchev–Trinajstić information content (AvgIpc) is 2.49. The summed E-state index contributed by atoms with van der Waals surface area (Å²) in [6.07, 6.45) is 1.40. The number of aryl methyl sites for hydroxylation is 1. The van der Waals surface area contributed by atoms with Crippen LogP contribution in [0.5, 0.6) is 5.75 Å². The van der Waals surface area contributed by atoms with Gasteiger partial charge in [0.25, 0.3) is 5.91 Å². The number of halogens is 2. The second-order valence-electron chi connectivity index (χ2n) is 4.48. The number of carbonyl (C=O) groups excluding carboxylic acids is 1. The van der Waals surface area contributed by atoms with E-state index in [2.05, 4.69) is 10.5 Å². The van der Waals surface area contributed by atoms with Crippen molar-refractivity contribution < 1.29 is 9.53 Å². The van der Waals surface area contributed by atoms with E-state index < -0.39 is 0 Å². The van der Waals surface area contributed by atoms with Gasteiger partial charge >= 0.3 is 0 Å². The zero-order valence-corrected chi connectivity index (χ0v) is 13.4. The first kappa shape index (κ1) is 16.3. The van der Waals surface area contributed by atoms with Crippen LogP contribution in [0.1, 0.15) is 11.1 Å². The lowest BCUT2D eigenvalue weighted by atomic mass is 10.2. The van der Waals surface area contributed by atoms with Gasteiger partial charge in [0.2, 0.25) is 0 Å². The van der Waals surface area contributed by atoms with Gasteiger partial charge in [-0.1, -0.05) is 47.5 Å². The van der Waals surface area contributed by atoms with Gasteiger partial charge in [0, 0.05) is 5.56 Å². The molecule has 0 spiro atoms. The van der Waals surface area contributed by atoms with Crippen molar-refractivity contribution in [3.63, 3.8) is 0 Å². The molecule has 2 aromatic rings. The molecule has 4 nitrogen and oxygen atoms in total. The molecule has 0 aliphatic rings. The summed E-state index contributed by atoms with van der Waals surface area (Å²) in [4.78, 5) is 11.7. The molecule has 22 heavy (non-hydrogen) atoms. The van der Waals surface area contributed by atoms with Crippen LogP contribution >= 0.6 is 23.2 Å². The van der Waals surface area contributed by atoms with Crippen LogP contribution in [-0.2, 0) is 4.79 Å². The van der Waals surface area contributed by atoms with E-state index in [1.807, 2.05) is 25.1 Å². The molecule has 0 aromatic heterocycles. The maximum atomic E-state index is 11.7. The fraction of sp³-hybridized carbons (Fsp3) is 0.125. The summed E-state index contributed by atoms with van der Waals surface area (Å²) < 4.78 is 5.41. The number of nitrogens with zero attached hydrogens (tertiary/aromatic N) is 1. The van der Waals surface area contributed by atoms with Crippen LogP contribution in [-0.4, -0.2) is 18.7 Å². The van der Waals surface area contributed by atoms with Gasteiger partial charge in [-0.2, -0.15) is 5.10 Å². The summed E-state index contributed by atoms with van der Waals surface area (Å²) >= 11 is 12.0. The fourth-order valence-electron chi connectivity index (χ4n) is 1.70. The molecule has 1 amide bonds. The predicted molar refractivity (Wildman–Crippen MR) is 88.9 cm³/mol. The van der Waals surface area contributed by atoms with Crippen LogP contribution < -0.4 is 10.2 Å². The first-order valence-corrected chi connectivity index (χ1v) is 7.28. The summed E-state index contributed by atoms with van der Waals surface area (Å²) in [7, 11) is 0. The molecule has 0 saturated carbocycles. The summed E-state index contributed by atoms with van der Waals surface area (Å²) in [6.45, 7) is 1.78.